The number of rotatable bonds is 4. The molecule has 0 saturated heterocycles. The van der Waals surface area contributed by atoms with Crippen molar-refractivity contribution in [2.75, 3.05) is 11.6 Å². The van der Waals surface area contributed by atoms with E-state index >= 15 is 0 Å². The second-order valence-electron chi connectivity index (χ2n) is 4.73. The summed E-state index contributed by atoms with van der Waals surface area (Å²) in [6.07, 6.45) is 0.973. The number of carboxylic acid groups (broad SMARTS) is 1. The van der Waals surface area contributed by atoms with Crippen molar-refractivity contribution in [1.29, 1.82) is 0 Å². The molecule has 0 aliphatic carbocycles. The smallest absolute Gasteiger partial charge is 0.336 e. The summed E-state index contributed by atoms with van der Waals surface area (Å²) in [6.45, 7) is 4.67. The van der Waals surface area contributed by atoms with E-state index in [1.165, 1.54) is 13.0 Å². The van der Waals surface area contributed by atoms with Crippen molar-refractivity contribution >= 4 is 27.4 Å². The number of carbonyl (C=O) groups is 2. The third-order valence-corrected chi connectivity index (χ3v) is 4.68. The highest BCUT2D eigenvalue weighted by Crippen LogP contribution is 2.20. The zero-order valence-electron chi connectivity index (χ0n) is 11.7. The number of hydrogen-bond acceptors (Lipinski definition) is 4. The van der Waals surface area contributed by atoms with Gasteiger partial charge in [0.1, 0.15) is 5.25 Å². The number of benzene rings is 1. The standard InChI is InChI=1S/C13H17NO5S/c1-7-5-10(6-11(8(7)2)13(16)17)14-12(15)9(3)20(4,18)19/h5-6,9H,1-4H3,(H,14,15)(H,16,17). The summed E-state index contributed by atoms with van der Waals surface area (Å²) in [5, 5.41) is 10.3. The summed E-state index contributed by atoms with van der Waals surface area (Å²) >= 11 is 0. The van der Waals surface area contributed by atoms with E-state index in [0.29, 0.717) is 11.1 Å². The zero-order chi connectivity index (χ0) is 15.7. The van der Waals surface area contributed by atoms with E-state index in [1.54, 1.807) is 19.9 Å². The lowest BCUT2D eigenvalue weighted by Crippen LogP contribution is -2.31. The van der Waals surface area contributed by atoms with Gasteiger partial charge in [-0.15, -0.1) is 0 Å². The van der Waals surface area contributed by atoms with Gasteiger partial charge in [0.25, 0.3) is 0 Å². The number of hydrogen-bond donors (Lipinski definition) is 2. The minimum Gasteiger partial charge on any atom is -0.478 e. The van der Waals surface area contributed by atoms with Crippen molar-refractivity contribution < 1.29 is 23.1 Å². The Morgan fingerprint density at radius 2 is 1.80 bits per heavy atom. The van der Waals surface area contributed by atoms with E-state index in [4.69, 9.17) is 5.11 Å². The number of nitrogens with one attached hydrogen (secondary N) is 1. The van der Waals surface area contributed by atoms with Gasteiger partial charge in [-0.3, -0.25) is 4.79 Å². The van der Waals surface area contributed by atoms with Crippen LogP contribution in [0.3, 0.4) is 0 Å². The first-order chi connectivity index (χ1) is 9.04. The Morgan fingerprint density at radius 1 is 1.25 bits per heavy atom. The maximum Gasteiger partial charge on any atom is 0.336 e. The normalized spacial score (nSPS) is 12.8. The van der Waals surface area contributed by atoms with Gasteiger partial charge in [-0.2, -0.15) is 0 Å². The van der Waals surface area contributed by atoms with Crippen LogP contribution in [0.4, 0.5) is 5.69 Å². The van der Waals surface area contributed by atoms with E-state index in [9.17, 15) is 18.0 Å². The Hall–Kier alpha value is -1.89. The van der Waals surface area contributed by atoms with Crippen LogP contribution in [0.2, 0.25) is 0 Å². The molecule has 0 radical (unpaired) electrons. The lowest BCUT2D eigenvalue weighted by Gasteiger charge is -2.13. The zero-order valence-corrected chi connectivity index (χ0v) is 12.5. The molecule has 6 nitrogen and oxygen atoms in total. The minimum atomic E-state index is -3.50. The van der Waals surface area contributed by atoms with Crippen LogP contribution >= 0.6 is 0 Å². The fourth-order valence-corrected chi connectivity index (χ4v) is 2.04. The van der Waals surface area contributed by atoms with Crippen molar-refractivity contribution in [1.82, 2.24) is 0 Å². The molecule has 20 heavy (non-hydrogen) atoms. The number of sulfone groups is 1. The quantitative estimate of drug-likeness (QED) is 0.874. The van der Waals surface area contributed by atoms with E-state index in [-0.39, 0.29) is 11.3 Å². The summed E-state index contributed by atoms with van der Waals surface area (Å²) in [5.41, 5.74) is 1.65. The van der Waals surface area contributed by atoms with Gasteiger partial charge in [0, 0.05) is 11.9 Å². The first kappa shape index (κ1) is 16.2. The third kappa shape index (κ3) is 3.57. The number of aromatic carboxylic acids is 1. The first-order valence-electron chi connectivity index (χ1n) is 5.88. The highest BCUT2D eigenvalue weighted by molar-refractivity contribution is 7.92. The van der Waals surface area contributed by atoms with Crippen molar-refractivity contribution in [3.63, 3.8) is 0 Å². The van der Waals surface area contributed by atoms with E-state index < -0.39 is 27.0 Å². The predicted octanol–water partition coefficient (Wildman–Crippen LogP) is 1.37. The molecular weight excluding hydrogens is 282 g/mol. The predicted molar refractivity (Wildman–Crippen MR) is 75.8 cm³/mol. The monoisotopic (exact) mass is 299 g/mol. The van der Waals surface area contributed by atoms with Gasteiger partial charge in [0.05, 0.1) is 5.56 Å². The third-order valence-electron chi connectivity index (χ3n) is 3.18. The van der Waals surface area contributed by atoms with E-state index in [1.807, 2.05) is 0 Å². The molecule has 0 aromatic heterocycles. The molecule has 0 heterocycles. The fraction of sp³-hybridized carbons (Fsp3) is 0.385. The van der Waals surface area contributed by atoms with Gasteiger partial charge in [-0.05, 0) is 44.0 Å². The molecular formula is C13H17NO5S. The maximum atomic E-state index is 11.8. The molecule has 0 bridgehead atoms. The topological polar surface area (TPSA) is 101 Å². The average Bonchev–Trinajstić information content (AvgIpc) is 2.30. The molecule has 1 aromatic rings. The first-order valence-corrected chi connectivity index (χ1v) is 7.83. The van der Waals surface area contributed by atoms with Gasteiger partial charge in [0.15, 0.2) is 9.84 Å². The average molecular weight is 299 g/mol. The van der Waals surface area contributed by atoms with Crippen LogP contribution in [0.1, 0.15) is 28.4 Å². The Bertz CT molecular complexity index is 664. The number of anilines is 1. The Balaban J connectivity index is 3.11. The van der Waals surface area contributed by atoms with Gasteiger partial charge < -0.3 is 10.4 Å². The van der Waals surface area contributed by atoms with Gasteiger partial charge >= 0.3 is 5.97 Å². The van der Waals surface area contributed by atoms with Gasteiger partial charge in [-0.1, -0.05) is 0 Å². The second kappa shape index (κ2) is 5.62. The second-order valence-corrected chi connectivity index (χ2v) is 7.10. The van der Waals surface area contributed by atoms with E-state index in [2.05, 4.69) is 5.32 Å². The number of carbonyl (C=O) groups excluding carboxylic acids is 1. The molecule has 0 saturated carbocycles. The molecule has 0 aliphatic heterocycles. The molecule has 1 unspecified atom stereocenters. The highest BCUT2D eigenvalue weighted by Gasteiger charge is 2.24. The summed E-state index contributed by atoms with van der Waals surface area (Å²) in [4.78, 5) is 22.9. The minimum absolute atomic E-state index is 0.0762. The summed E-state index contributed by atoms with van der Waals surface area (Å²) in [6, 6.07) is 2.92. The summed E-state index contributed by atoms with van der Waals surface area (Å²) in [7, 11) is -3.50. The van der Waals surface area contributed by atoms with Crippen LogP contribution < -0.4 is 5.32 Å². The largest absolute Gasteiger partial charge is 0.478 e. The highest BCUT2D eigenvalue weighted by atomic mass is 32.2. The molecule has 0 aliphatic rings. The van der Waals surface area contributed by atoms with Crippen LogP contribution in [0.25, 0.3) is 0 Å². The van der Waals surface area contributed by atoms with Crippen LogP contribution in [-0.2, 0) is 14.6 Å². The summed E-state index contributed by atoms with van der Waals surface area (Å²) < 4.78 is 22.6. The van der Waals surface area contributed by atoms with Crippen LogP contribution in [0.15, 0.2) is 12.1 Å². The Labute approximate surface area is 117 Å². The van der Waals surface area contributed by atoms with Gasteiger partial charge in [0.2, 0.25) is 5.91 Å². The molecule has 110 valence electrons. The molecule has 1 rings (SSSR count). The summed E-state index contributed by atoms with van der Waals surface area (Å²) in [5.74, 6) is -1.79. The fourth-order valence-electron chi connectivity index (χ4n) is 1.59. The molecule has 1 amide bonds. The molecule has 0 fully saturated rings. The molecule has 1 aromatic carbocycles. The van der Waals surface area contributed by atoms with Crippen LogP contribution in [0.5, 0.6) is 0 Å². The van der Waals surface area contributed by atoms with Gasteiger partial charge in [-0.25, -0.2) is 13.2 Å². The Kier molecular flexibility index (Phi) is 4.54. The lowest BCUT2D eigenvalue weighted by atomic mass is 10.0. The lowest BCUT2D eigenvalue weighted by molar-refractivity contribution is -0.115. The van der Waals surface area contributed by atoms with Crippen molar-refractivity contribution in [3.8, 4) is 0 Å². The number of aryl methyl sites for hydroxylation is 1. The molecule has 7 heteroatoms. The number of amides is 1. The van der Waals surface area contributed by atoms with E-state index in [0.717, 1.165) is 6.26 Å². The van der Waals surface area contributed by atoms with Crippen LogP contribution in [0, 0.1) is 13.8 Å². The molecule has 2 N–H and O–H groups in total. The maximum absolute atomic E-state index is 11.8. The van der Waals surface area contributed by atoms with Crippen molar-refractivity contribution in [2.24, 2.45) is 0 Å². The van der Waals surface area contributed by atoms with Crippen molar-refractivity contribution in [2.45, 2.75) is 26.0 Å². The Morgan fingerprint density at radius 3 is 2.25 bits per heavy atom. The molecule has 0 spiro atoms. The number of carboxylic acids is 1. The SMILES string of the molecule is Cc1cc(NC(=O)C(C)S(C)(=O)=O)cc(C(=O)O)c1C. The van der Waals surface area contributed by atoms with Crippen molar-refractivity contribution in [3.05, 3.63) is 28.8 Å². The molecule has 1 atom stereocenters. The van der Waals surface area contributed by atoms with Crippen LogP contribution in [-0.4, -0.2) is 36.9 Å².